The Morgan fingerprint density at radius 3 is 2.06 bits per heavy atom. The molecule has 0 radical (unpaired) electrons. The van der Waals surface area contributed by atoms with Crippen LogP contribution < -0.4 is 0 Å². The van der Waals surface area contributed by atoms with Gasteiger partial charge in [0.25, 0.3) is 0 Å². The molecule has 4 aromatic heterocycles. The van der Waals surface area contributed by atoms with Crippen LogP contribution in [0.25, 0.3) is 86.4 Å². The van der Waals surface area contributed by atoms with Crippen LogP contribution in [0.5, 0.6) is 0 Å². The molecule has 0 aliphatic heterocycles. The van der Waals surface area contributed by atoms with Gasteiger partial charge in [0.15, 0.2) is 0 Å². The molecule has 10 aromatic rings. The van der Waals surface area contributed by atoms with Crippen molar-refractivity contribution in [3.8, 4) is 28.6 Å². The van der Waals surface area contributed by atoms with Gasteiger partial charge in [-0.15, -0.1) is 11.3 Å². The second-order valence-electron chi connectivity index (χ2n) is 11.9. The summed E-state index contributed by atoms with van der Waals surface area (Å²) < 4.78 is 7.21. The van der Waals surface area contributed by atoms with E-state index in [4.69, 9.17) is 4.98 Å². The molecule has 0 fully saturated rings. The highest BCUT2D eigenvalue weighted by molar-refractivity contribution is 7.26. The van der Waals surface area contributed by atoms with Crippen molar-refractivity contribution in [3.63, 3.8) is 0 Å². The van der Waals surface area contributed by atoms with E-state index in [0.717, 1.165) is 60.9 Å². The molecule has 0 aliphatic rings. The fourth-order valence-electron chi connectivity index (χ4n) is 7.34. The number of fused-ring (bicyclic) bond motifs is 10. The van der Waals surface area contributed by atoms with E-state index in [9.17, 15) is 5.26 Å². The van der Waals surface area contributed by atoms with E-state index in [1.54, 1.807) is 0 Å². The largest absolute Gasteiger partial charge is 0.309 e. The monoisotopic (exact) mass is 616 g/mol. The summed E-state index contributed by atoms with van der Waals surface area (Å²) >= 11 is 1.86. The Morgan fingerprint density at radius 1 is 0.532 bits per heavy atom. The minimum Gasteiger partial charge on any atom is -0.309 e. The van der Waals surface area contributed by atoms with Gasteiger partial charge in [0.2, 0.25) is 0 Å². The summed E-state index contributed by atoms with van der Waals surface area (Å²) in [7, 11) is 0. The molecule has 0 saturated heterocycles. The molecule has 0 bridgehead atoms. The third kappa shape index (κ3) is 3.77. The van der Waals surface area contributed by atoms with Gasteiger partial charge in [0, 0.05) is 59.3 Å². The molecular formula is C42H24N4S. The van der Waals surface area contributed by atoms with E-state index < -0.39 is 0 Å². The lowest BCUT2D eigenvalue weighted by atomic mass is 10.0. The van der Waals surface area contributed by atoms with Gasteiger partial charge >= 0.3 is 0 Å². The quantitative estimate of drug-likeness (QED) is 0.198. The van der Waals surface area contributed by atoms with E-state index in [0.29, 0.717) is 5.56 Å². The summed E-state index contributed by atoms with van der Waals surface area (Å²) in [5.41, 5.74) is 9.40. The summed E-state index contributed by atoms with van der Waals surface area (Å²) in [6, 6.07) is 51.6. The second kappa shape index (κ2) is 9.89. The van der Waals surface area contributed by atoms with Crippen LogP contribution in [-0.2, 0) is 0 Å². The van der Waals surface area contributed by atoms with Crippen molar-refractivity contribution < 1.29 is 0 Å². The van der Waals surface area contributed by atoms with Gasteiger partial charge in [0.05, 0.1) is 28.2 Å². The Bertz CT molecular complexity index is 2930. The van der Waals surface area contributed by atoms with E-state index in [1.807, 2.05) is 35.7 Å². The van der Waals surface area contributed by atoms with Crippen LogP contribution in [0.2, 0.25) is 0 Å². The lowest BCUT2D eigenvalue weighted by Gasteiger charge is -2.12. The normalized spacial score (nSPS) is 11.8. The lowest BCUT2D eigenvalue weighted by molar-refractivity contribution is 1.14. The summed E-state index contributed by atoms with van der Waals surface area (Å²) in [6.07, 6.45) is 1.89. The lowest BCUT2D eigenvalue weighted by Crippen LogP contribution is -1.96. The minimum atomic E-state index is 0.665. The van der Waals surface area contributed by atoms with Gasteiger partial charge in [-0.25, -0.2) is 4.98 Å². The maximum atomic E-state index is 9.58. The first-order valence-electron chi connectivity index (χ1n) is 15.6. The van der Waals surface area contributed by atoms with Gasteiger partial charge in [-0.05, 0) is 83.9 Å². The first-order chi connectivity index (χ1) is 23.3. The van der Waals surface area contributed by atoms with Crippen LogP contribution in [0.1, 0.15) is 5.56 Å². The van der Waals surface area contributed by atoms with Crippen molar-refractivity contribution in [1.29, 1.82) is 5.26 Å². The van der Waals surface area contributed by atoms with Crippen LogP contribution in [0.4, 0.5) is 0 Å². The average molecular weight is 617 g/mol. The number of para-hydroxylation sites is 1. The van der Waals surface area contributed by atoms with Gasteiger partial charge in [-0.2, -0.15) is 5.26 Å². The molecule has 218 valence electrons. The standard InChI is InChI=1S/C42H24N4S/c43-25-26-17-19-37-35(22-26)31-12-1-3-15-36(31)45(37)29-10-5-8-27(23-29)28-9-6-11-30(24-28)46-38-20-18-33-32-13-2-4-16-39(32)47-41(33)40(38)34-14-7-21-44-42(34)46/h1-24H. The zero-order valence-corrected chi connectivity index (χ0v) is 25.9. The average Bonchev–Trinajstić information content (AvgIpc) is 3.79. The topological polar surface area (TPSA) is 46.5 Å². The van der Waals surface area contributed by atoms with Crippen LogP contribution in [0, 0.1) is 11.3 Å². The molecule has 47 heavy (non-hydrogen) atoms. The number of hydrogen-bond donors (Lipinski definition) is 0. The fraction of sp³-hybridized carbons (Fsp3) is 0. The van der Waals surface area contributed by atoms with Crippen molar-refractivity contribution in [3.05, 3.63) is 151 Å². The van der Waals surface area contributed by atoms with E-state index >= 15 is 0 Å². The summed E-state index contributed by atoms with van der Waals surface area (Å²) in [5.74, 6) is 0. The zero-order valence-electron chi connectivity index (χ0n) is 25.1. The maximum absolute atomic E-state index is 9.58. The van der Waals surface area contributed by atoms with Crippen molar-refractivity contribution in [2.24, 2.45) is 0 Å². The molecule has 0 amide bonds. The Balaban J connectivity index is 1.16. The van der Waals surface area contributed by atoms with E-state index in [1.165, 1.54) is 25.6 Å². The molecular weight excluding hydrogens is 593 g/mol. The first kappa shape index (κ1) is 26.0. The predicted octanol–water partition coefficient (Wildman–Crippen LogP) is 11.2. The molecule has 4 heterocycles. The van der Waals surface area contributed by atoms with Crippen LogP contribution in [0.15, 0.2) is 146 Å². The number of aromatic nitrogens is 3. The van der Waals surface area contributed by atoms with Crippen molar-refractivity contribution in [2.45, 2.75) is 0 Å². The summed E-state index contributed by atoms with van der Waals surface area (Å²) in [5, 5.41) is 16.8. The number of rotatable bonds is 3. The van der Waals surface area contributed by atoms with Crippen molar-refractivity contribution >= 4 is 75.3 Å². The molecule has 10 rings (SSSR count). The number of hydrogen-bond acceptors (Lipinski definition) is 3. The zero-order chi connectivity index (χ0) is 31.1. The number of nitrogens with zero attached hydrogens (tertiary/aromatic N) is 4. The molecule has 0 unspecified atom stereocenters. The fourth-order valence-corrected chi connectivity index (χ4v) is 8.60. The number of benzene rings is 6. The van der Waals surface area contributed by atoms with Gasteiger partial charge in [0.1, 0.15) is 5.65 Å². The molecule has 0 atom stereocenters. The van der Waals surface area contributed by atoms with Crippen molar-refractivity contribution in [1.82, 2.24) is 14.1 Å². The molecule has 0 aliphatic carbocycles. The number of nitriles is 1. The highest BCUT2D eigenvalue weighted by atomic mass is 32.1. The molecule has 4 nitrogen and oxygen atoms in total. The van der Waals surface area contributed by atoms with E-state index in [-0.39, 0.29) is 0 Å². The SMILES string of the molecule is N#Cc1ccc2c(c1)c1ccccc1n2-c1cccc(-c2cccc(-n3c4ccc5c6ccccc6sc5c4c4cccnc43)c2)c1. The molecule has 0 saturated carbocycles. The first-order valence-corrected chi connectivity index (χ1v) is 16.4. The Kier molecular flexibility index (Phi) is 5.48. The third-order valence-corrected chi connectivity index (χ3v) is 10.6. The maximum Gasteiger partial charge on any atom is 0.145 e. The predicted molar refractivity (Wildman–Crippen MR) is 196 cm³/mol. The number of thiophene rings is 1. The van der Waals surface area contributed by atoms with Gasteiger partial charge in [-0.1, -0.05) is 66.7 Å². The Labute approximate surface area is 273 Å². The molecule has 5 heteroatoms. The number of pyridine rings is 1. The second-order valence-corrected chi connectivity index (χ2v) is 13.0. The highest BCUT2D eigenvalue weighted by Crippen LogP contribution is 2.43. The minimum absolute atomic E-state index is 0.665. The van der Waals surface area contributed by atoms with Gasteiger partial charge < -0.3 is 4.57 Å². The Hall–Kier alpha value is -6.22. The van der Waals surface area contributed by atoms with Crippen molar-refractivity contribution in [2.75, 3.05) is 0 Å². The van der Waals surface area contributed by atoms with E-state index in [2.05, 4.69) is 137 Å². The Morgan fingerprint density at radius 2 is 1.23 bits per heavy atom. The smallest absolute Gasteiger partial charge is 0.145 e. The summed E-state index contributed by atoms with van der Waals surface area (Å²) in [6.45, 7) is 0. The molecule has 0 N–H and O–H groups in total. The van der Waals surface area contributed by atoms with Gasteiger partial charge in [-0.3, -0.25) is 4.57 Å². The van der Waals surface area contributed by atoms with Crippen LogP contribution in [-0.4, -0.2) is 14.1 Å². The summed E-state index contributed by atoms with van der Waals surface area (Å²) in [4.78, 5) is 4.92. The molecule has 0 spiro atoms. The molecule has 6 aromatic carbocycles. The highest BCUT2D eigenvalue weighted by Gasteiger charge is 2.19. The van der Waals surface area contributed by atoms with Crippen LogP contribution >= 0.6 is 11.3 Å². The van der Waals surface area contributed by atoms with Crippen LogP contribution in [0.3, 0.4) is 0 Å². The third-order valence-electron chi connectivity index (χ3n) is 9.38.